The van der Waals surface area contributed by atoms with E-state index in [-0.39, 0.29) is 0 Å². The van der Waals surface area contributed by atoms with E-state index in [2.05, 4.69) is 12.2 Å². The standard InChI is InChI=1S/C13H19NO2/c1-3-4-5-9-14-12-8-6-7-11(10(12)2)13(15)16/h6-8,14H,3-5,9H2,1-2H3,(H,15,16). The van der Waals surface area contributed by atoms with Crippen LogP contribution in [0.25, 0.3) is 0 Å². The lowest BCUT2D eigenvalue weighted by atomic mass is 10.1. The number of anilines is 1. The summed E-state index contributed by atoms with van der Waals surface area (Å²) in [6.07, 6.45) is 3.51. The van der Waals surface area contributed by atoms with E-state index in [4.69, 9.17) is 5.11 Å². The van der Waals surface area contributed by atoms with Gasteiger partial charge >= 0.3 is 5.97 Å². The number of rotatable bonds is 6. The Balaban J connectivity index is 2.66. The molecule has 0 spiro atoms. The number of carbonyl (C=O) groups is 1. The molecule has 88 valence electrons. The van der Waals surface area contributed by atoms with E-state index < -0.39 is 5.97 Å². The summed E-state index contributed by atoms with van der Waals surface area (Å²) in [6.45, 7) is 4.90. The van der Waals surface area contributed by atoms with Gasteiger partial charge in [0.25, 0.3) is 0 Å². The smallest absolute Gasteiger partial charge is 0.336 e. The fraction of sp³-hybridized carbons (Fsp3) is 0.462. The predicted molar refractivity (Wildman–Crippen MR) is 66.2 cm³/mol. The average Bonchev–Trinajstić information content (AvgIpc) is 2.26. The van der Waals surface area contributed by atoms with Gasteiger partial charge in [0.05, 0.1) is 5.56 Å². The van der Waals surface area contributed by atoms with E-state index in [9.17, 15) is 4.79 Å². The summed E-state index contributed by atoms with van der Waals surface area (Å²) in [6, 6.07) is 5.33. The van der Waals surface area contributed by atoms with Crippen LogP contribution in [-0.4, -0.2) is 17.6 Å². The molecule has 0 bridgehead atoms. The van der Waals surface area contributed by atoms with Crippen LogP contribution >= 0.6 is 0 Å². The largest absolute Gasteiger partial charge is 0.478 e. The van der Waals surface area contributed by atoms with Gasteiger partial charge in [-0.2, -0.15) is 0 Å². The fourth-order valence-electron chi connectivity index (χ4n) is 1.66. The molecule has 1 aromatic carbocycles. The summed E-state index contributed by atoms with van der Waals surface area (Å²) < 4.78 is 0. The molecular formula is C13H19NO2. The highest BCUT2D eigenvalue weighted by Crippen LogP contribution is 2.18. The van der Waals surface area contributed by atoms with Gasteiger partial charge in [-0.05, 0) is 31.0 Å². The van der Waals surface area contributed by atoms with Crippen LogP contribution in [0.2, 0.25) is 0 Å². The minimum atomic E-state index is -0.866. The Kier molecular flexibility index (Phi) is 4.83. The van der Waals surface area contributed by atoms with E-state index >= 15 is 0 Å². The molecule has 0 aliphatic rings. The first-order valence-electron chi connectivity index (χ1n) is 5.73. The molecule has 0 radical (unpaired) electrons. The topological polar surface area (TPSA) is 49.3 Å². The zero-order valence-corrected chi connectivity index (χ0v) is 9.92. The molecular weight excluding hydrogens is 202 g/mol. The van der Waals surface area contributed by atoms with Crippen molar-refractivity contribution in [2.24, 2.45) is 0 Å². The van der Waals surface area contributed by atoms with Gasteiger partial charge in [0.2, 0.25) is 0 Å². The Morgan fingerprint density at radius 3 is 2.75 bits per heavy atom. The average molecular weight is 221 g/mol. The Bertz CT molecular complexity index is 361. The molecule has 3 nitrogen and oxygen atoms in total. The number of hydrogen-bond donors (Lipinski definition) is 2. The van der Waals surface area contributed by atoms with Gasteiger partial charge in [0.1, 0.15) is 0 Å². The van der Waals surface area contributed by atoms with Crippen LogP contribution in [0.4, 0.5) is 5.69 Å². The lowest BCUT2D eigenvalue weighted by molar-refractivity contribution is 0.0696. The lowest BCUT2D eigenvalue weighted by Gasteiger charge is -2.10. The van der Waals surface area contributed by atoms with Crippen LogP contribution in [0.5, 0.6) is 0 Å². The predicted octanol–water partition coefficient (Wildman–Crippen LogP) is 3.30. The maximum absolute atomic E-state index is 10.9. The van der Waals surface area contributed by atoms with E-state index in [0.29, 0.717) is 5.56 Å². The van der Waals surface area contributed by atoms with Crippen LogP contribution < -0.4 is 5.32 Å². The molecule has 16 heavy (non-hydrogen) atoms. The Hall–Kier alpha value is -1.51. The molecule has 1 rings (SSSR count). The summed E-state index contributed by atoms with van der Waals surface area (Å²) in [5.41, 5.74) is 2.11. The maximum atomic E-state index is 10.9. The molecule has 2 N–H and O–H groups in total. The van der Waals surface area contributed by atoms with Crippen LogP contribution in [0.15, 0.2) is 18.2 Å². The third-order valence-electron chi connectivity index (χ3n) is 2.66. The highest BCUT2D eigenvalue weighted by Gasteiger charge is 2.09. The van der Waals surface area contributed by atoms with Crippen molar-refractivity contribution in [3.63, 3.8) is 0 Å². The van der Waals surface area contributed by atoms with E-state index in [0.717, 1.165) is 24.2 Å². The molecule has 0 aliphatic carbocycles. The van der Waals surface area contributed by atoms with Crippen LogP contribution in [0.3, 0.4) is 0 Å². The van der Waals surface area contributed by atoms with Crippen LogP contribution in [0.1, 0.15) is 42.1 Å². The number of hydrogen-bond acceptors (Lipinski definition) is 2. The van der Waals surface area contributed by atoms with Crippen molar-refractivity contribution in [2.45, 2.75) is 33.1 Å². The summed E-state index contributed by atoms with van der Waals surface area (Å²) in [4.78, 5) is 10.9. The number of unbranched alkanes of at least 4 members (excludes halogenated alkanes) is 2. The SMILES string of the molecule is CCCCCNc1cccc(C(=O)O)c1C. The Labute approximate surface area is 96.5 Å². The zero-order valence-electron chi connectivity index (χ0n) is 9.92. The highest BCUT2D eigenvalue weighted by molar-refractivity contribution is 5.91. The minimum absolute atomic E-state index is 0.375. The summed E-state index contributed by atoms with van der Waals surface area (Å²) in [5, 5.41) is 12.3. The van der Waals surface area contributed by atoms with Crippen molar-refractivity contribution in [3.05, 3.63) is 29.3 Å². The van der Waals surface area contributed by atoms with Crippen molar-refractivity contribution in [1.29, 1.82) is 0 Å². The van der Waals surface area contributed by atoms with Gasteiger partial charge in [-0.25, -0.2) is 4.79 Å². The molecule has 0 aromatic heterocycles. The van der Waals surface area contributed by atoms with Crippen molar-refractivity contribution in [2.75, 3.05) is 11.9 Å². The van der Waals surface area contributed by atoms with Crippen LogP contribution in [-0.2, 0) is 0 Å². The van der Waals surface area contributed by atoms with Crippen molar-refractivity contribution in [3.8, 4) is 0 Å². The van der Waals surface area contributed by atoms with E-state index in [1.165, 1.54) is 12.8 Å². The second kappa shape index (κ2) is 6.16. The minimum Gasteiger partial charge on any atom is -0.478 e. The Morgan fingerprint density at radius 2 is 2.12 bits per heavy atom. The quantitative estimate of drug-likeness (QED) is 0.725. The monoisotopic (exact) mass is 221 g/mol. The van der Waals surface area contributed by atoms with Gasteiger partial charge in [-0.15, -0.1) is 0 Å². The van der Waals surface area contributed by atoms with Gasteiger partial charge in [-0.1, -0.05) is 25.8 Å². The molecule has 0 aliphatic heterocycles. The van der Waals surface area contributed by atoms with Gasteiger partial charge in [0, 0.05) is 12.2 Å². The van der Waals surface area contributed by atoms with Gasteiger partial charge < -0.3 is 10.4 Å². The molecule has 3 heteroatoms. The van der Waals surface area contributed by atoms with E-state index in [1.54, 1.807) is 12.1 Å². The van der Waals surface area contributed by atoms with Gasteiger partial charge in [-0.3, -0.25) is 0 Å². The molecule has 0 amide bonds. The van der Waals surface area contributed by atoms with Crippen molar-refractivity contribution in [1.82, 2.24) is 0 Å². The zero-order chi connectivity index (χ0) is 12.0. The molecule has 0 fully saturated rings. The third kappa shape index (κ3) is 3.26. The first kappa shape index (κ1) is 12.6. The second-order valence-corrected chi connectivity index (χ2v) is 3.92. The van der Waals surface area contributed by atoms with Crippen molar-refractivity contribution < 1.29 is 9.90 Å². The van der Waals surface area contributed by atoms with Crippen molar-refractivity contribution >= 4 is 11.7 Å². The normalized spacial score (nSPS) is 10.1. The summed E-state index contributed by atoms with van der Waals surface area (Å²) >= 11 is 0. The highest BCUT2D eigenvalue weighted by atomic mass is 16.4. The Morgan fingerprint density at radius 1 is 1.38 bits per heavy atom. The molecule has 0 saturated carbocycles. The summed E-state index contributed by atoms with van der Waals surface area (Å²) in [7, 11) is 0. The number of carboxylic acids is 1. The number of aromatic carboxylic acids is 1. The molecule has 0 atom stereocenters. The molecule has 0 saturated heterocycles. The number of nitrogens with one attached hydrogen (secondary N) is 1. The van der Waals surface area contributed by atoms with Crippen LogP contribution in [0, 0.1) is 6.92 Å². The second-order valence-electron chi connectivity index (χ2n) is 3.92. The summed E-state index contributed by atoms with van der Waals surface area (Å²) in [5.74, 6) is -0.866. The fourth-order valence-corrected chi connectivity index (χ4v) is 1.66. The first-order valence-corrected chi connectivity index (χ1v) is 5.73. The molecule has 0 unspecified atom stereocenters. The first-order chi connectivity index (χ1) is 7.66. The number of benzene rings is 1. The van der Waals surface area contributed by atoms with E-state index in [1.807, 2.05) is 13.0 Å². The van der Waals surface area contributed by atoms with Gasteiger partial charge in [0.15, 0.2) is 0 Å². The third-order valence-corrected chi connectivity index (χ3v) is 2.66. The molecule has 0 heterocycles. The lowest BCUT2D eigenvalue weighted by Crippen LogP contribution is -2.06. The number of carboxylic acid groups (broad SMARTS) is 1. The maximum Gasteiger partial charge on any atom is 0.336 e. The molecule has 1 aromatic rings.